The van der Waals surface area contributed by atoms with Crippen LogP contribution in [0.15, 0.2) is 24.3 Å². The lowest BCUT2D eigenvalue weighted by atomic mass is 10.1. The lowest BCUT2D eigenvalue weighted by Crippen LogP contribution is -2.59. The first-order valence-corrected chi connectivity index (χ1v) is 6.64. The van der Waals surface area contributed by atoms with Crippen molar-refractivity contribution in [1.29, 1.82) is 0 Å². The summed E-state index contributed by atoms with van der Waals surface area (Å²) in [6.45, 7) is -0.341. The molecule has 112 valence electrons. The number of carboxylic acids is 1. The molecule has 0 radical (unpaired) electrons. The van der Waals surface area contributed by atoms with Gasteiger partial charge >= 0.3 is 5.97 Å². The maximum Gasteiger partial charge on any atom is 0.323 e. The Bertz CT molecular complexity index is 568. The Morgan fingerprint density at radius 3 is 2.76 bits per heavy atom. The molecule has 1 aromatic rings. The van der Waals surface area contributed by atoms with Gasteiger partial charge in [-0.15, -0.1) is 0 Å². The van der Waals surface area contributed by atoms with E-state index in [-0.39, 0.29) is 19.0 Å². The molecular formula is C13H14ClN3O4. The molecule has 7 nitrogen and oxygen atoms in total. The van der Waals surface area contributed by atoms with Crippen molar-refractivity contribution in [2.24, 2.45) is 0 Å². The summed E-state index contributed by atoms with van der Waals surface area (Å²) in [7, 11) is 0. The van der Waals surface area contributed by atoms with E-state index in [0.717, 1.165) is 4.90 Å². The van der Waals surface area contributed by atoms with Gasteiger partial charge in [-0.05, 0) is 18.2 Å². The number of halogens is 1. The molecule has 0 aromatic heterocycles. The molecule has 1 aliphatic rings. The highest BCUT2D eigenvalue weighted by Gasteiger charge is 2.29. The van der Waals surface area contributed by atoms with Gasteiger partial charge in [0.15, 0.2) is 0 Å². The van der Waals surface area contributed by atoms with E-state index in [2.05, 4.69) is 10.6 Å². The van der Waals surface area contributed by atoms with E-state index in [1.54, 1.807) is 18.2 Å². The van der Waals surface area contributed by atoms with Crippen LogP contribution < -0.4 is 15.5 Å². The topological polar surface area (TPSA) is 98.7 Å². The van der Waals surface area contributed by atoms with Gasteiger partial charge in [-0.25, -0.2) is 0 Å². The number of carboxylic acid groups (broad SMARTS) is 1. The zero-order valence-corrected chi connectivity index (χ0v) is 11.8. The van der Waals surface area contributed by atoms with Crippen LogP contribution in [0.1, 0.15) is 0 Å². The highest BCUT2D eigenvalue weighted by molar-refractivity contribution is 6.31. The summed E-state index contributed by atoms with van der Waals surface area (Å²) in [5.74, 6) is -1.77. The van der Waals surface area contributed by atoms with Crippen LogP contribution in [-0.2, 0) is 14.4 Å². The van der Waals surface area contributed by atoms with Crippen molar-refractivity contribution in [3.63, 3.8) is 0 Å². The summed E-state index contributed by atoms with van der Waals surface area (Å²) in [6, 6.07) is 5.72. The van der Waals surface area contributed by atoms with Crippen LogP contribution in [0.25, 0.3) is 0 Å². The van der Waals surface area contributed by atoms with Crippen molar-refractivity contribution in [2.45, 2.75) is 6.04 Å². The van der Waals surface area contributed by atoms with E-state index < -0.39 is 24.5 Å². The van der Waals surface area contributed by atoms with Crippen LogP contribution >= 0.6 is 11.6 Å². The van der Waals surface area contributed by atoms with E-state index in [4.69, 9.17) is 16.7 Å². The van der Waals surface area contributed by atoms with Crippen molar-refractivity contribution in [3.05, 3.63) is 29.3 Å². The minimum Gasteiger partial charge on any atom is -0.480 e. The molecule has 1 heterocycles. The van der Waals surface area contributed by atoms with E-state index in [0.29, 0.717) is 10.7 Å². The number of piperazine rings is 1. The number of nitrogens with zero attached hydrogens (tertiary/aromatic N) is 1. The highest BCUT2D eigenvalue weighted by atomic mass is 35.5. The normalized spacial score (nSPS) is 18.0. The van der Waals surface area contributed by atoms with Crippen LogP contribution in [0.5, 0.6) is 0 Å². The number of aliphatic carboxylic acids is 1. The van der Waals surface area contributed by atoms with E-state index in [9.17, 15) is 14.4 Å². The van der Waals surface area contributed by atoms with Gasteiger partial charge in [-0.1, -0.05) is 17.7 Å². The lowest BCUT2D eigenvalue weighted by molar-refractivity contribution is -0.137. The molecule has 0 spiro atoms. The Morgan fingerprint density at radius 2 is 2.19 bits per heavy atom. The molecule has 0 saturated carbocycles. The van der Waals surface area contributed by atoms with Gasteiger partial charge in [0.25, 0.3) is 0 Å². The summed E-state index contributed by atoms with van der Waals surface area (Å²) in [6.07, 6.45) is 0. The summed E-state index contributed by atoms with van der Waals surface area (Å²) in [5, 5.41) is 14.7. The Balaban J connectivity index is 2.21. The third-order valence-electron chi connectivity index (χ3n) is 2.99. The number of anilines is 1. The third-order valence-corrected chi connectivity index (χ3v) is 3.22. The van der Waals surface area contributed by atoms with Crippen LogP contribution in [0, 0.1) is 0 Å². The van der Waals surface area contributed by atoms with Gasteiger partial charge in [0, 0.05) is 17.3 Å². The number of hydrogen-bond donors (Lipinski definition) is 3. The summed E-state index contributed by atoms with van der Waals surface area (Å²) < 4.78 is 0. The lowest BCUT2D eigenvalue weighted by Gasteiger charge is -2.29. The summed E-state index contributed by atoms with van der Waals surface area (Å²) in [5.41, 5.74) is 0.397. The Labute approximate surface area is 125 Å². The maximum atomic E-state index is 12.5. The monoisotopic (exact) mass is 311 g/mol. The van der Waals surface area contributed by atoms with E-state index in [1.807, 2.05) is 0 Å². The molecule has 1 aliphatic heterocycles. The second kappa shape index (κ2) is 6.55. The number of carbonyl (C=O) groups excluding carboxylic acids is 2. The average molecular weight is 312 g/mol. The molecule has 1 fully saturated rings. The first-order chi connectivity index (χ1) is 9.97. The van der Waals surface area contributed by atoms with Crippen molar-refractivity contribution in [2.75, 3.05) is 24.5 Å². The standard InChI is InChI=1S/C13H14ClN3O4/c14-8-2-1-3-9(4-8)17(7-12(19)20)13(21)10-5-16-11(18)6-15-10/h1-4,10,15H,5-7H2,(H,16,18)(H,19,20). The first-order valence-electron chi connectivity index (χ1n) is 6.26. The Hall–Kier alpha value is -2.12. The SMILES string of the molecule is O=C(O)CN(C(=O)C1CNC(=O)CN1)c1cccc(Cl)c1. The fraction of sp³-hybridized carbons (Fsp3) is 0.308. The zero-order valence-electron chi connectivity index (χ0n) is 11.0. The van der Waals surface area contributed by atoms with E-state index >= 15 is 0 Å². The molecule has 8 heteroatoms. The minimum absolute atomic E-state index is 0.0207. The maximum absolute atomic E-state index is 12.5. The largest absolute Gasteiger partial charge is 0.480 e. The third kappa shape index (κ3) is 3.93. The van der Waals surface area contributed by atoms with Gasteiger partial charge in [0.1, 0.15) is 12.6 Å². The Morgan fingerprint density at radius 1 is 1.43 bits per heavy atom. The minimum atomic E-state index is -1.14. The van der Waals surface area contributed by atoms with Crippen molar-refractivity contribution >= 4 is 35.1 Å². The number of nitrogens with one attached hydrogen (secondary N) is 2. The van der Waals surface area contributed by atoms with Crippen molar-refractivity contribution in [3.8, 4) is 0 Å². The van der Waals surface area contributed by atoms with Crippen LogP contribution in [0.3, 0.4) is 0 Å². The quantitative estimate of drug-likeness (QED) is 0.718. The average Bonchev–Trinajstić information content (AvgIpc) is 2.44. The van der Waals surface area contributed by atoms with Crippen LogP contribution in [0.4, 0.5) is 5.69 Å². The van der Waals surface area contributed by atoms with Gasteiger partial charge in [0.2, 0.25) is 11.8 Å². The molecule has 0 bridgehead atoms. The molecule has 2 rings (SSSR count). The summed E-state index contributed by atoms with van der Waals surface area (Å²) >= 11 is 5.88. The fourth-order valence-corrected chi connectivity index (χ4v) is 2.19. The molecular weight excluding hydrogens is 298 g/mol. The molecule has 2 amide bonds. The summed E-state index contributed by atoms with van der Waals surface area (Å²) in [4.78, 5) is 35.7. The second-order valence-corrected chi connectivity index (χ2v) is 4.97. The van der Waals surface area contributed by atoms with Crippen LogP contribution in [-0.4, -0.2) is 48.6 Å². The Kier molecular flexibility index (Phi) is 4.77. The zero-order chi connectivity index (χ0) is 15.4. The smallest absolute Gasteiger partial charge is 0.323 e. The number of benzene rings is 1. The van der Waals surface area contributed by atoms with Gasteiger partial charge in [0.05, 0.1) is 6.54 Å². The molecule has 1 atom stereocenters. The van der Waals surface area contributed by atoms with Crippen molar-refractivity contribution in [1.82, 2.24) is 10.6 Å². The van der Waals surface area contributed by atoms with Gasteiger partial charge in [-0.3, -0.25) is 24.6 Å². The van der Waals surface area contributed by atoms with Gasteiger partial charge in [-0.2, -0.15) is 0 Å². The van der Waals surface area contributed by atoms with Crippen molar-refractivity contribution < 1.29 is 19.5 Å². The number of carbonyl (C=O) groups is 3. The molecule has 1 aromatic carbocycles. The first kappa shape index (κ1) is 15.3. The molecule has 3 N–H and O–H groups in total. The number of amides is 2. The van der Waals surface area contributed by atoms with Crippen LogP contribution in [0.2, 0.25) is 5.02 Å². The number of rotatable bonds is 4. The molecule has 21 heavy (non-hydrogen) atoms. The second-order valence-electron chi connectivity index (χ2n) is 4.54. The van der Waals surface area contributed by atoms with Gasteiger partial charge < -0.3 is 10.4 Å². The molecule has 1 saturated heterocycles. The predicted molar refractivity (Wildman–Crippen MR) is 76.2 cm³/mol. The highest BCUT2D eigenvalue weighted by Crippen LogP contribution is 2.20. The van der Waals surface area contributed by atoms with E-state index in [1.165, 1.54) is 6.07 Å². The molecule has 0 aliphatic carbocycles. The molecule has 1 unspecified atom stereocenters. The predicted octanol–water partition coefficient (Wildman–Crippen LogP) is -0.154. The fourth-order valence-electron chi connectivity index (χ4n) is 2.00. The number of hydrogen-bond acceptors (Lipinski definition) is 4.